The fourth-order valence-electron chi connectivity index (χ4n) is 2.33. The number of carbonyl (C=O) groups excluding carboxylic acids is 3. The van der Waals surface area contributed by atoms with Crippen molar-refractivity contribution in [3.63, 3.8) is 0 Å². The van der Waals surface area contributed by atoms with Gasteiger partial charge >= 0.3 is 0 Å². The Morgan fingerprint density at radius 2 is 1.83 bits per heavy atom. The summed E-state index contributed by atoms with van der Waals surface area (Å²) in [6.07, 6.45) is 1.91. The van der Waals surface area contributed by atoms with Gasteiger partial charge in [0.05, 0.1) is 10.4 Å². The van der Waals surface area contributed by atoms with E-state index in [0.29, 0.717) is 16.3 Å². The van der Waals surface area contributed by atoms with Crippen molar-refractivity contribution in [2.24, 2.45) is 0 Å². The van der Waals surface area contributed by atoms with Crippen molar-refractivity contribution in [3.05, 3.63) is 59.0 Å². The van der Waals surface area contributed by atoms with E-state index in [1.54, 1.807) is 43.3 Å². The average molecular weight is 420 g/mol. The third-order valence-corrected chi connectivity index (χ3v) is 4.98. The number of aliphatic hydroxyl groups excluding tert-OH is 1. The molecule has 9 heteroatoms. The van der Waals surface area contributed by atoms with Crippen molar-refractivity contribution < 1.29 is 24.6 Å². The van der Waals surface area contributed by atoms with Crippen LogP contribution in [0, 0.1) is 0 Å². The van der Waals surface area contributed by atoms with Gasteiger partial charge in [0.25, 0.3) is 11.8 Å². The highest BCUT2D eigenvalue weighted by molar-refractivity contribution is 7.18. The number of aliphatic hydroxyl groups is 1. The molecule has 3 N–H and O–H groups in total. The monoisotopic (exact) mass is 419 g/mol. The van der Waals surface area contributed by atoms with Crippen molar-refractivity contribution in [1.82, 2.24) is 10.2 Å². The predicted molar refractivity (Wildman–Crippen MR) is 113 cm³/mol. The van der Waals surface area contributed by atoms with Gasteiger partial charge in [0, 0.05) is 34.3 Å². The molecule has 0 atom stereocenters. The maximum atomic E-state index is 12.6. The smallest absolute Gasteiger partial charge is 0.263 e. The Balaban J connectivity index is 0.00000204. The molecule has 0 radical (unpaired) electrons. The van der Waals surface area contributed by atoms with Gasteiger partial charge in [0.15, 0.2) is 0 Å². The SMILES string of the molecule is C=CCN(C=O)C(=O)c1cc(C(=O)NCc2ccc(O)cc2)sc1N(C)C.CO. The van der Waals surface area contributed by atoms with Crippen LogP contribution in [0.4, 0.5) is 5.00 Å². The molecule has 8 nitrogen and oxygen atoms in total. The maximum absolute atomic E-state index is 12.6. The number of carbonyl (C=O) groups is 3. The zero-order chi connectivity index (χ0) is 22.0. The van der Waals surface area contributed by atoms with Crippen LogP contribution in [-0.2, 0) is 11.3 Å². The lowest BCUT2D eigenvalue weighted by molar-refractivity contribution is -0.115. The quantitative estimate of drug-likeness (QED) is 0.445. The van der Waals surface area contributed by atoms with Crippen LogP contribution in [0.25, 0.3) is 0 Å². The van der Waals surface area contributed by atoms with E-state index in [2.05, 4.69) is 11.9 Å². The molecule has 0 fully saturated rings. The summed E-state index contributed by atoms with van der Waals surface area (Å²) in [4.78, 5) is 39.4. The Hall–Kier alpha value is -3.17. The van der Waals surface area contributed by atoms with E-state index < -0.39 is 5.91 Å². The number of phenols is 1. The fraction of sp³-hybridized carbons (Fsp3) is 0.250. The van der Waals surface area contributed by atoms with E-state index in [0.717, 1.165) is 17.6 Å². The first-order valence-electron chi connectivity index (χ1n) is 8.56. The largest absolute Gasteiger partial charge is 0.508 e. The molecule has 156 valence electrons. The molecule has 0 aliphatic carbocycles. The van der Waals surface area contributed by atoms with Crippen LogP contribution in [-0.4, -0.2) is 61.1 Å². The van der Waals surface area contributed by atoms with Crippen LogP contribution in [0.2, 0.25) is 0 Å². The molecule has 2 aromatic rings. The first-order valence-corrected chi connectivity index (χ1v) is 9.38. The second-order valence-corrected chi connectivity index (χ2v) is 6.96. The van der Waals surface area contributed by atoms with Gasteiger partial charge in [-0.1, -0.05) is 18.2 Å². The third-order valence-electron chi connectivity index (χ3n) is 3.68. The molecule has 1 heterocycles. The Morgan fingerprint density at radius 3 is 2.34 bits per heavy atom. The van der Waals surface area contributed by atoms with Crippen LogP contribution < -0.4 is 10.2 Å². The number of nitrogens with one attached hydrogen (secondary N) is 1. The molecule has 1 aromatic heterocycles. The molecule has 2 rings (SSSR count). The van der Waals surface area contributed by atoms with Crippen molar-refractivity contribution in [2.75, 3.05) is 32.6 Å². The Morgan fingerprint density at radius 1 is 1.21 bits per heavy atom. The van der Waals surface area contributed by atoms with Gasteiger partial charge in [-0.2, -0.15) is 0 Å². The van der Waals surface area contributed by atoms with Gasteiger partial charge in [-0.3, -0.25) is 19.3 Å². The van der Waals surface area contributed by atoms with Crippen LogP contribution in [0.1, 0.15) is 25.6 Å². The summed E-state index contributed by atoms with van der Waals surface area (Å²) in [6.45, 7) is 3.91. The summed E-state index contributed by atoms with van der Waals surface area (Å²) in [7, 11) is 4.53. The number of aromatic hydroxyl groups is 1. The molecular formula is C20H25N3O5S. The number of anilines is 1. The molecular weight excluding hydrogens is 394 g/mol. The van der Waals surface area contributed by atoms with Crippen molar-refractivity contribution in [3.8, 4) is 5.75 Å². The highest BCUT2D eigenvalue weighted by Gasteiger charge is 2.24. The molecule has 0 aliphatic heterocycles. The molecule has 29 heavy (non-hydrogen) atoms. The summed E-state index contributed by atoms with van der Waals surface area (Å²) in [5.41, 5.74) is 1.12. The van der Waals surface area contributed by atoms with Crippen LogP contribution in [0.5, 0.6) is 5.75 Å². The Labute approximate surface area is 173 Å². The summed E-state index contributed by atoms with van der Waals surface area (Å²) in [5.74, 6) is -0.652. The number of thiophene rings is 1. The van der Waals surface area contributed by atoms with E-state index in [1.807, 2.05) is 0 Å². The van der Waals surface area contributed by atoms with E-state index in [1.165, 1.54) is 23.5 Å². The minimum atomic E-state index is -0.484. The Kier molecular flexibility index (Phi) is 9.57. The number of nitrogens with zero attached hydrogens (tertiary/aromatic N) is 2. The minimum Gasteiger partial charge on any atom is -0.508 e. The van der Waals surface area contributed by atoms with Crippen molar-refractivity contribution >= 4 is 34.6 Å². The summed E-state index contributed by atoms with van der Waals surface area (Å²) < 4.78 is 0. The summed E-state index contributed by atoms with van der Waals surface area (Å²) in [6, 6.07) is 8.00. The van der Waals surface area contributed by atoms with Crippen molar-refractivity contribution in [2.45, 2.75) is 6.54 Å². The molecule has 0 unspecified atom stereocenters. The number of benzene rings is 1. The Bertz CT molecular complexity index is 846. The first kappa shape index (κ1) is 23.9. The molecule has 3 amide bonds. The molecule has 0 bridgehead atoms. The average Bonchev–Trinajstić information content (AvgIpc) is 3.18. The number of hydrogen-bond acceptors (Lipinski definition) is 7. The van der Waals surface area contributed by atoms with Crippen LogP contribution >= 0.6 is 11.3 Å². The van der Waals surface area contributed by atoms with Crippen molar-refractivity contribution in [1.29, 1.82) is 0 Å². The van der Waals surface area contributed by atoms with Gasteiger partial charge in [-0.25, -0.2) is 0 Å². The van der Waals surface area contributed by atoms with E-state index in [-0.39, 0.29) is 30.3 Å². The molecule has 0 saturated heterocycles. The standard InChI is InChI=1S/C19H21N3O4S.CH4O/c1-4-9-22(12-23)18(26)15-10-16(27-19(15)21(2)3)17(25)20-11-13-5-7-14(24)8-6-13;1-2/h4-8,10,12,24H,1,9,11H2,2-3H3,(H,20,25);2H,1H3. The summed E-state index contributed by atoms with van der Waals surface area (Å²) in [5, 5.41) is 19.7. The lowest BCUT2D eigenvalue weighted by atomic mass is 10.2. The molecule has 0 spiro atoms. The normalized spacial score (nSPS) is 9.66. The highest BCUT2D eigenvalue weighted by Crippen LogP contribution is 2.31. The number of amides is 3. The molecule has 1 aromatic carbocycles. The van der Waals surface area contributed by atoms with Gasteiger partial charge in [0.1, 0.15) is 10.8 Å². The number of phenolic OH excluding ortho intramolecular Hbond substituents is 1. The molecule has 0 aliphatic rings. The van der Waals surface area contributed by atoms with Crippen LogP contribution in [0.3, 0.4) is 0 Å². The predicted octanol–water partition coefficient (Wildman–Crippen LogP) is 1.84. The van der Waals surface area contributed by atoms with E-state index in [4.69, 9.17) is 5.11 Å². The number of imide groups is 1. The minimum absolute atomic E-state index is 0.0907. The third kappa shape index (κ3) is 6.44. The van der Waals surface area contributed by atoms with Gasteiger partial charge < -0.3 is 20.4 Å². The number of rotatable bonds is 8. The van der Waals surface area contributed by atoms with E-state index >= 15 is 0 Å². The fourth-order valence-corrected chi connectivity index (χ4v) is 3.32. The topological polar surface area (TPSA) is 110 Å². The zero-order valence-electron chi connectivity index (χ0n) is 16.6. The maximum Gasteiger partial charge on any atom is 0.263 e. The van der Waals surface area contributed by atoms with E-state index in [9.17, 15) is 19.5 Å². The summed E-state index contributed by atoms with van der Waals surface area (Å²) >= 11 is 1.17. The molecule has 0 saturated carbocycles. The zero-order valence-corrected chi connectivity index (χ0v) is 17.4. The van der Waals surface area contributed by atoms with Crippen LogP contribution in [0.15, 0.2) is 43.0 Å². The lowest BCUT2D eigenvalue weighted by Gasteiger charge is -2.16. The highest BCUT2D eigenvalue weighted by atomic mass is 32.1. The van der Waals surface area contributed by atoms with Gasteiger partial charge in [0.2, 0.25) is 6.41 Å². The van der Waals surface area contributed by atoms with Gasteiger partial charge in [-0.05, 0) is 23.8 Å². The lowest BCUT2D eigenvalue weighted by Crippen LogP contribution is -2.30. The number of hydrogen-bond donors (Lipinski definition) is 3. The van der Waals surface area contributed by atoms with Gasteiger partial charge in [-0.15, -0.1) is 17.9 Å². The second-order valence-electron chi connectivity index (χ2n) is 5.92. The second kappa shape index (κ2) is 11.6. The first-order chi connectivity index (χ1) is 13.9.